The minimum absolute atomic E-state index is 0.238. The molecule has 2 rings (SSSR count). The van der Waals surface area contributed by atoms with Crippen molar-refractivity contribution < 1.29 is 9.13 Å². The Bertz CT molecular complexity index is 584. The molecule has 2 aromatic rings. The van der Waals surface area contributed by atoms with Crippen LogP contribution in [0, 0.1) is 12.7 Å². The van der Waals surface area contributed by atoms with Crippen LogP contribution >= 0.6 is 31.9 Å². The zero-order valence-corrected chi connectivity index (χ0v) is 13.6. The lowest BCUT2D eigenvalue weighted by Crippen LogP contribution is -1.99. The highest BCUT2D eigenvalue weighted by Crippen LogP contribution is 2.28. The van der Waals surface area contributed by atoms with Crippen molar-refractivity contribution in [2.75, 3.05) is 0 Å². The van der Waals surface area contributed by atoms with E-state index in [0.717, 1.165) is 26.7 Å². The molecule has 100 valence electrons. The molecule has 19 heavy (non-hydrogen) atoms. The minimum Gasteiger partial charge on any atom is -0.488 e. The second kappa shape index (κ2) is 6.53. The number of halogens is 3. The van der Waals surface area contributed by atoms with Crippen molar-refractivity contribution in [3.05, 3.63) is 63.4 Å². The van der Waals surface area contributed by atoms with Crippen LogP contribution in [0.1, 0.15) is 16.7 Å². The van der Waals surface area contributed by atoms with Gasteiger partial charge in [-0.25, -0.2) is 4.39 Å². The monoisotopic (exact) mass is 386 g/mol. The maximum absolute atomic E-state index is 13.2. The molecule has 4 heteroatoms. The highest BCUT2D eigenvalue weighted by molar-refractivity contribution is 9.10. The van der Waals surface area contributed by atoms with Crippen LogP contribution in [0.5, 0.6) is 5.75 Å². The Hall–Kier alpha value is -0.870. The van der Waals surface area contributed by atoms with E-state index in [9.17, 15) is 4.39 Å². The first-order valence-corrected chi connectivity index (χ1v) is 7.74. The molecule has 0 aliphatic heterocycles. The molecule has 0 bridgehead atoms. The van der Waals surface area contributed by atoms with Crippen LogP contribution in [0.15, 0.2) is 40.9 Å². The summed E-state index contributed by atoms with van der Waals surface area (Å²) in [5.41, 5.74) is 3.05. The predicted octanol–water partition coefficient (Wildman–Crippen LogP) is 5.37. The van der Waals surface area contributed by atoms with Gasteiger partial charge in [-0.2, -0.15) is 0 Å². The smallest absolute Gasteiger partial charge is 0.134 e. The Balaban J connectivity index is 2.12. The van der Waals surface area contributed by atoms with E-state index >= 15 is 0 Å². The fourth-order valence-corrected chi connectivity index (χ4v) is 2.59. The van der Waals surface area contributed by atoms with E-state index in [0.29, 0.717) is 6.61 Å². The zero-order chi connectivity index (χ0) is 13.8. The van der Waals surface area contributed by atoms with E-state index in [2.05, 4.69) is 31.9 Å². The summed E-state index contributed by atoms with van der Waals surface area (Å²) in [6.45, 7) is 2.30. The molecule has 0 aliphatic carbocycles. The van der Waals surface area contributed by atoms with Gasteiger partial charge in [-0.1, -0.05) is 28.1 Å². The Morgan fingerprint density at radius 1 is 1.16 bits per heavy atom. The Kier molecular flexibility index (Phi) is 4.99. The molecule has 0 heterocycles. The van der Waals surface area contributed by atoms with Gasteiger partial charge in [0.25, 0.3) is 0 Å². The summed E-state index contributed by atoms with van der Waals surface area (Å²) in [6.07, 6.45) is 0. The topological polar surface area (TPSA) is 9.23 Å². The standard InChI is InChI=1S/C15H13Br2FO/c1-10-2-4-13(18)7-12(10)9-19-15-5-3-11(8-16)6-14(15)17/h2-7H,8-9H2,1H3. The van der Waals surface area contributed by atoms with Gasteiger partial charge in [-0.15, -0.1) is 0 Å². The number of alkyl halides is 1. The Morgan fingerprint density at radius 2 is 1.95 bits per heavy atom. The molecule has 0 fully saturated rings. The van der Waals surface area contributed by atoms with Crippen LogP contribution < -0.4 is 4.74 Å². The summed E-state index contributed by atoms with van der Waals surface area (Å²) in [6, 6.07) is 10.6. The minimum atomic E-state index is -0.238. The third-order valence-electron chi connectivity index (χ3n) is 2.84. The molecule has 2 aromatic carbocycles. The van der Waals surface area contributed by atoms with Crippen LogP contribution in [0.2, 0.25) is 0 Å². The first-order chi connectivity index (χ1) is 9.10. The maximum Gasteiger partial charge on any atom is 0.134 e. The van der Waals surface area contributed by atoms with Crippen molar-refractivity contribution in [3.8, 4) is 5.75 Å². The van der Waals surface area contributed by atoms with E-state index in [1.165, 1.54) is 17.7 Å². The average Bonchev–Trinajstić information content (AvgIpc) is 2.40. The third-order valence-corrected chi connectivity index (χ3v) is 4.11. The lowest BCUT2D eigenvalue weighted by Gasteiger charge is -2.11. The number of ether oxygens (including phenoxy) is 1. The normalized spacial score (nSPS) is 10.5. The highest BCUT2D eigenvalue weighted by Gasteiger charge is 2.05. The van der Waals surface area contributed by atoms with Crippen LogP contribution in [-0.4, -0.2) is 0 Å². The lowest BCUT2D eigenvalue weighted by molar-refractivity contribution is 0.302. The van der Waals surface area contributed by atoms with E-state index in [4.69, 9.17) is 4.74 Å². The van der Waals surface area contributed by atoms with Crippen molar-refractivity contribution in [1.82, 2.24) is 0 Å². The molecule has 1 nitrogen and oxygen atoms in total. The number of benzene rings is 2. The van der Waals surface area contributed by atoms with Crippen molar-refractivity contribution >= 4 is 31.9 Å². The van der Waals surface area contributed by atoms with Gasteiger partial charge < -0.3 is 4.74 Å². The molecular weight excluding hydrogens is 375 g/mol. The molecule has 0 spiro atoms. The Morgan fingerprint density at radius 3 is 2.63 bits per heavy atom. The highest BCUT2D eigenvalue weighted by atomic mass is 79.9. The average molecular weight is 388 g/mol. The van der Waals surface area contributed by atoms with E-state index < -0.39 is 0 Å². The number of hydrogen-bond acceptors (Lipinski definition) is 1. The lowest BCUT2D eigenvalue weighted by atomic mass is 10.1. The molecule has 0 amide bonds. The van der Waals surface area contributed by atoms with Gasteiger partial charge in [0, 0.05) is 5.33 Å². The summed E-state index contributed by atoms with van der Waals surface area (Å²) in [7, 11) is 0. The largest absolute Gasteiger partial charge is 0.488 e. The number of aryl methyl sites for hydroxylation is 1. The van der Waals surface area contributed by atoms with E-state index in [1.807, 2.05) is 25.1 Å². The van der Waals surface area contributed by atoms with Crippen LogP contribution in [0.4, 0.5) is 4.39 Å². The van der Waals surface area contributed by atoms with Gasteiger partial charge in [0.15, 0.2) is 0 Å². The number of hydrogen-bond donors (Lipinski definition) is 0. The summed E-state index contributed by atoms with van der Waals surface area (Å²) in [5.74, 6) is 0.520. The van der Waals surface area contributed by atoms with Gasteiger partial charge >= 0.3 is 0 Å². The number of rotatable bonds is 4. The molecule has 0 aromatic heterocycles. The fraction of sp³-hybridized carbons (Fsp3) is 0.200. The summed E-state index contributed by atoms with van der Waals surface area (Å²) in [4.78, 5) is 0. The second-order valence-corrected chi connectivity index (χ2v) is 5.67. The SMILES string of the molecule is Cc1ccc(F)cc1COc1ccc(CBr)cc1Br. The first kappa shape index (κ1) is 14.5. The zero-order valence-electron chi connectivity index (χ0n) is 10.4. The summed E-state index contributed by atoms with van der Waals surface area (Å²) >= 11 is 6.88. The van der Waals surface area contributed by atoms with Crippen LogP contribution in [-0.2, 0) is 11.9 Å². The van der Waals surface area contributed by atoms with Gasteiger partial charge in [-0.05, 0) is 63.8 Å². The van der Waals surface area contributed by atoms with E-state index in [-0.39, 0.29) is 5.82 Å². The molecule has 0 radical (unpaired) electrons. The van der Waals surface area contributed by atoms with Crippen molar-refractivity contribution in [2.24, 2.45) is 0 Å². The maximum atomic E-state index is 13.2. The van der Waals surface area contributed by atoms with Crippen molar-refractivity contribution in [3.63, 3.8) is 0 Å². The first-order valence-electron chi connectivity index (χ1n) is 5.82. The molecule has 0 saturated carbocycles. The quantitative estimate of drug-likeness (QED) is 0.640. The molecule has 0 aliphatic rings. The van der Waals surface area contributed by atoms with Crippen LogP contribution in [0.3, 0.4) is 0 Å². The molecule has 0 atom stereocenters. The fourth-order valence-electron chi connectivity index (χ4n) is 1.70. The molecule has 0 N–H and O–H groups in total. The molecular formula is C15H13Br2FO. The van der Waals surface area contributed by atoms with E-state index in [1.54, 1.807) is 6.07 Å². The van der Waals surface area contributed by atoms with Gasteiger partial charge in [0.05, 0.1) is 4.47 Å². The van der Waals surface area contributed by atoms with Gasteiger partial charge in [0.1, 0.15) is 18.2 Å². The predicted molar refractivity (Wildman–Crippen MR) is 82.2 cm³/mol. The summed E-state index contributed by atoms with van der Waals surface area (Å²) < 4.78 is 19.8. The molecule has 0 unspecified atom stereocenters. The third kappa shape index (κ3) is 3.80. The second-order valence-electron chi connectivity index (χ2n) is 4.26. The van der Waals surface area contributed by atoms with Crippen LogP contribution in [0.25, 0.3) is 0 Å². The molecule has 0 saturated heterocycles. The Labute approximate surface area is 129 Å². The van der Waals surface area contributed by atoms with Crippen molar-refractivity contribution in [1.29, 1.82) is 0 Å². The van der Waals surface area contributed by atoms with Gasteiger partial charge in [-0.3, -0.25) is 0 Å². The van der Waals surface area contributed by atoms with Gasteiger partial charge in [0.2, 0.25) is 0 Å². The summed E-state index contributed by atoms with van der Waals surface area (Å²) in [5, 5.41) is 0.800. The van der Waals surface area contributed by atoms with Crippen molar-refractivity contribution in [2.45, 2.75) is 18.9 Å².